The van der Waals surface area contributed by atoms with Crippen molar-refractivity contribution in [2.24, 2.45) is 5.73 Å². The van der Waals surface area contributed by atoms with Gasteiger partial charge in [0.05, 0.1) is 0 Å². The number of hydrogen-bond donors (Lipinski definition) is 1. The van der Waals surface area contributed by atoms with Crippen LogP contribution in [-0.4, -0.2) is 48.6 Å². The highest BCUT2D eigenvalue weighted by molar-refractivity contribution is 5.27. The van der Waals surface area contributed by atoms with E-state index in [1.54, 1.807) is 0 Å². The minimum absolute atomic E-state index is 0.743. The molecule has 1 aromatic carbocycles. The Kier molecular flexibility index (Phi) is 4.71. The number of nitrogens with zero attached hydrogens (tertiary/aromatic N) is 2. The molecule has 1 atom stereocenters. The molecule has 110 valence electrons. The van der Waals surface area contributed by atoms with Crippen LogP contribution in [0.3, 0.4) is 0 Å². The normalized spacial score (nSPS) is 24.6. The van der Waals surface area contributed by atoms with E-state index in [2.05, 4.69) is 34.1 Å². The molecule has 0 aliphatic carbocycles. The topological polar surface area (TPSA) is 32.5 Å². The lowest BCUT2D eigenvalue weighted by atomic mass is 9.98. The Balaban J connectivity index is 1.63. The van der Waals surface area contributed by atoms with Crippen molar-refractivity contribution in [1.29, 1.82) is 0 Å². The summed E-state index contributed by atoms with van der Waals surface area (Å²) in [7, 11) is 0. The van der Waals surface area contributed by atoms with Crippen molar-refractivity contribution in [2.75, 3.05) is 32.7 Å². The number of nitrogens with two attached hydrogens (primary N) is 1. The Hall–Kier alpha value is -0.900. The predicted molar refractivity (Wildman–Crippen MR) is 83.7 cm³/mol. The predicted octanol–water partition coefficient (Wildman–Crippen LogP) is 1.86. The first-order valence-electron chi connectivity index (χ1n) is 8.10. The third-order valence-corrected chi connectivity index (χ3v) is 4.85. The van der Waals surface area contributed by atoms with Gasteiger partial charge < -0.3 is 5.73 Å². The molecule has 1 aromatic rings. The fourth-order valence-electron chi connectivity index (χ4n) is 3.72. The summed E-state index contributed by atoms with van der Waals surface area (Å²) in [6.45, 7) is 6.88. The molecule has 3 nitrogen and oxygen atoms in total. The van der Waals surface area contributed by atoms with E-state index >= 15 is 0 Å². The van der Waals surface area contributed by atoms with Gasteiger partial charge in [-0.25, -0.2) is 0 Å². The van der Waals surface area contributed by atoms with Crippen molar-refractivity contribution in [3.63, 3.8) is 0 Å². The van der Waals surface area contributed by atoms with Crippen molar-refractivity contribution in [1.82, 2.24) is 9.80 Å². The lowest BCUT2D eigenvalue weighted by Crippen LogP contribution is -2.54. The second-order valence-electron chi connectivity index (χ2n) is 6.23. The van der Waals surface area contributed by atoms with Gasteiger partial charge in [-0.3, -0.25) is 9.80 Å². The Labute approximate surface area is 122 Å². The van der Waals surface area contributed by atoms with Gasteiger partial charge in [0, 0.05) is 32.2 Å². The highest BCUT2D eigenvalue weighted by Gasteiger charge is 2.28. The van der Waals surface area contributed by atoms with Crippen molar-refractivity contribution in [2.45, 2.75) is 38.3 Å². The van der Waals surface area contributed by atoms with Gasteiger partial charge in [-0.05, 0) is 43.5 Å². The van der Waals surface area contributed by atoms with Crippen LogP contribution in [0, 0.1) is 0 Å². The van der Waals surface area contributed by atoms with Crippen LogP contribution in [0.1, 0.15) is 30.4 Å². The number of hydrogen-bond acceptors (Lipinski definition) is 3. The van der Waals surface area contributed by atoms with Gasteiger partial charge in [0.15, 0.2) is 0 Å². The third-order valence-electron chi connectivity index (χ3n) is 4.85. The average Bonchev–Trinajstić information content (AvgIpc) is 2.49. The zero-order chi connectivity index (χ0) is 13.8. The Morgan fingerprint density at radius 1 is 1.05 bits per heavy atom. The molecule has 0 radical (unpaired) electrons. The van der Waals surface area contributed by atoms with Crippen LogP contribution >= 0.6 is 0 Å². The summed E-state index contributed by atoms with van der Waals surface area (Å²) in [6, 6.07) is 9.61. The first-order valence-corrected chi connectivity index (χ1v) is 8.10. The fraction of sp³-hybridized carbons (Fsp3) is 0.647. The van der Waals surface area contributed by atoms with E-state index in [-0.39, 0.29) is 0 Å². The molecule has 0 aromatic heterocycles. The fourth-order valence-corrected chi connectivity index (χ4v) is 3.72. The summed E-state index contributed by atoms with van der Waals surface area (Å²) >= 11 is 0. The van der Waals surface area contributed by atoms with E-state index in [1.165, 1.54) is 56.6 Å². The lowest BCUT2D eigenvalue weighted by Gasteiger charge is -2.44. The lowest BCUT2D eigenvalue weighted by molar-refractivity contribution is 0.0456. The molecular weight excluding hydrogens is 246 g/mol. The van der Waals surface area contributed by atoms with Gasteiger partial charge in [0.1, 0.15) is 0 Å². The van der Waals surface area contributed by atoms with Gasteiger partial charge in [-0.15, -0.1) is 0 Å². The first-order chi connectivity index (χ1) is 9.86. The number of rotatable bonds is 4. The van der Waals surface area contributed by atoms with Crippen molar-refractivity contribution >= 4 is 0 Å². The summed E-state index contributed by atoms with van der Waals surface area (Å²) in [5.74, 6) is 0. The molecular formula is C17H27N3. The number of piperazine rings is 1. The van der Waals surface area contributed by atoms with E-state index in [0.29, 0.717) is 0 Å². The second-order valence-corrected chi connectivity index (χ2v) is 6.23. The summed E-state index contributed by atoms with van der Waals surface area (Å²) in [5.41, 5.74) is 8.64. The van der Waals surface area contributed by atoms with Crippen LogP contribution in [0.15, 0.2) is 24.3 Å². The number of benzene rings is 1. The van der Waals surface area contributed by atoms with E-state index in [0.717, 1.165) is 25.6 Å². The largest absolute Gasteiger partial charge is 0.330 e. The minimum atomic E-state index is 0.743. The summed E-state index contributed by atoms with van der Waals surface area (Å²) in [6.07, 6.45) is 5.20. The van der Waals surface area contributed by atoms with Crippen LogP contribution in [-0.2, 0) is 13.0 Å². The Morgan fingerprint density at radius 3 is 2.75 bits per heavy atom. The molecule has 0 bridgehead atoms. The maximum absolute atomic E-state index is 5.73. The SMILES string of the molecule is NCCc1ccccc1CN1CCN2CCCCC2C1. The van der Waals surface area contributed by atoms with Crippen LogP contribution in [0.25, 0.3) is 0 Å². The maximum Gasteiger partial charge on any atom is 0.0237 e. The molecule has 1 unspecified atom stereocenters. The van der Waals surface area contributed by atoms with E-state index < -0.39 is 0 Å². The van der Waals surface area contributed by atoms with Gasteiger partial charge >= 0.3 is 0 Å². The van der Waals surface area contributed by atoms with Gasteiger partial charge in [0.2, 0.25) is 0 Å². The molecule has 20 heavy (non-hydrogen) atoms. The summed E-state index contributed by atoms with van der Waals surface area (Å²) in [4.78, 5) is 5.34. The third kappa shape index (κ3) is 3.22. The molecule has 2 heterocycles. The molecule has 0 saturated carbocycles. The zero-order valence-electron chi connectivity index (χ0n) is 12.4. The van der Waals surface area contributed by atoms with E-state index in [9.17, 15) is 0 Å². The van der Waals surface area contributed by atoms with Gasteiger partial charge in [0.25, 0.3) is 0 Å². The first kappa shape index (κ1) is 14.1. The summed E-state index contributed by atoms with van der Waals surface area (Å²) in [5, 5.41) is 0. The minimum Gasteiger partial charge on any atom is -0.330 e. The van der Waals surface area contributed by atoms with Crippen LogP contribution in [0.2, 0.25) is 0 Å². The monoisotopic (exact) mass is 273 g/mol. The van der Waals surface area contributed by atoms with Gasteiger partial charge in [-0.1, -0.05) is 30.7 Å². The Bertz CT molecular complexity index is 432. The molecule has 3 heteroatoms. The van der Waals surface area contributed by atoms with Crippen LogP contribution in [0.4, 0.5) is 0 Å². The second kappa shape index (κ2) is 6.70. The molecule has 2 N–H and O–H groups in total. The van der Waals surface area contributed by atoms with E-state index in [1.807, 2.05) is 0 Å². The molecule has 2 aliphatic heterocycles. The molecule has 0 amide bonds. The summed E-state index contributed by atoms with van der Waals surface area (Å²) < 4.78 is 0. The van der Waals surface area contributed by atoms with Crippen molar-refractivity contribution in [3.05, 3.63) is 35.4 Å². The number of fused-ring (bicyclic) bond motifs is 1. The highest BCUT2D eigenvalue weighted by Crippen LogP contribution is 2.22. The average molecular weight is 273 g/mol. The van der Waals surface area contributed by atoms with Crippen LogP contribution < -0.4 is 5.73 Å². The van der Waals surface area contributed by atoms with Crippen LogP contribution in [0.5, 0.6) is 0 Å². The number of piperidine rings is 1. The quantitative estimate of drug-likeness (QED) is 0.909. The van der Waals surface area contributed by atoms with Crippen molar-refractivity contribution in [3.8, 4) is 0 Å². The van der Waals surface area contributed by atoms with Crippen molar-refractivity contribution < 1.29 is 0 Å². The molecule has 0 spiro atoms. The standard InChI is InChI=1S/C17H27N3/c18-9-8-15-5-1-2-6-16(15)13-19-11-12-20-10-4-3-7-17(20)14-19/h1-2,5-6,17H,3-4,7-14,18H2. The molecule has 3 rings (SSSR count). The molecule has 2 saturated heterocycles. The molecule has 2 fully saturated rings. The molecule has 2 aliphatic rings. The van der Waals surface area contributed by atoms with Gasteiger partial charge in [-0.2, -0.15) is 0 Å². The Morgan fingerprint density at radius 2 is 1.90 bits per heavy atom. The zero-order valence-corrected chi connectivity index (χ0v) is 12.4. The maximum atomic E-state index is 5.73. The van der Waals surface area contributed by atoms with E-state index in [4.69, 9.17) is 5.73 Å². The smallest absolute Gasteiger partial charge is 0.0237 e. The highest BCUT2D eigenvalue weighted by atomic mass is 15.3.